The van der Waals surface area contributed by atoms with Gasteiger partial charge in [-0.3, -0.25) is 0 Å². The average molecular weight is 272 g/mol. The van der Waals surface area contributed by atoms with Gasteiger partial charge in [0.25, 0.3) is 0 Å². The van der Waals surface area contributed by atoms with E-state index in [0.717, 1.165) is 42.2 Å². The molecule has 3 nitrogen and oxygen atoms in total. The van der Waals surface area contributed by atoms with E-state index in [0.29, 0.717) is 17.7 Å². The van der Waals surface area contributed by atoms with Gasteiger partial charge in [0.05, 0.1) is 6.10 Å². The molecular formula is C17H20O3. The van der Waals surface area contributed by atoms with Crippen molar-refractivity contribution >= 4 is 10.8 Å². The van der Waals surface area contributed by atoms with Crippen LogP contribution >= 0.6 is 0 Å². The molecule has 106 valence electrons. The molecule has 3 heteroatoms. The normalized spacial score (nSPS) is 18.1. The Hall–Kier alpha value is -1.74. The summed E-state index contributed by atoms with van der Waals surface area (Å²) in [6.07, 6.45) is 3.53. The number of ether oxygens (including phenoxy) is 1. The third-order valence-electron chi connectivity index (χ3n) is 4.04. The number of hydrogen-bond acceptors (Lipinski definition) is 3. The van der Waals surface area contributed by atoms with Crippen molar-refractivity contribution in [3.63, 3.8) is 0 Å². The van der Waals surface area contributed by atoms with Gasteiger partial charge in [-0.1, -0.05) is 31.2 Å². The van der Waals surface area contributed by atoms with Gasteiger partial charge in [0.2, 0.25) is 0 Å². The van der Waals surface area contributed by atoms with Crippen LogP contribution in [0, 0.1) is 0 Å². The van der Waals surface area contributed by atoms with Gasteiger partial charge in [-0.25, -0.2) is 0 Å². The van der Waals surface area contributed by atoms with Crippen molar-refractivity contribution in [1.29, 1.82) is 0 Å². The van der Waals surface area contributed by atoms with E-state index in [1.807, 2.05) is 24.3 Å². The molecule has 2 aromatic carbocycles. The maximum atomic E-state index is 10.6. The Morgan fingerprint density at radius 1 is 1.15 bits per heavy atom. The number of phenols is 2. The van der Waals surface area contributed by atoms with Crippen LogP contribution in [0.4, 0.5) is 0 Å². The largest absolute Gasteiger partial charge is 0.507 e. The number of hydrogen-bond donors (Lipinski definition) is 2. The minimum Gasteiger partial charge on any atom is -0.507 e. The molecule has 2 N–H and O–H groups in total. The first kappa shape index (κ1) is 13.3. The second-order valence-corrected chi connectivity index (χ2v) is 5.39. The van der Waals surface area contributed by atoms with Gasteiger partial charge >= 0.3 is 0 Å². The summed E-state index contributed by atoms with van der Waals surface area (Å²) >= 11 is 0. The SMILES string of the molecule is CCCOC1CCCc2c1c(O)c1ccccc1c2O. The predicted molar refractivity (Wildman–Crippen MR) is 79.2 cm³/mol. The fraction of sp³-hybridized carbons (Fsp3) is 0.412. The highest BCUT2D eigenvalue weighted by molar-refractivity contribution is 5.95. The van der Waals surface area contributed by atoms with Crippen molar-refractivity contribution in [3.8, 4) is 11.5 Å². The third kappa shape index (κ3) is 2.02. The van der Waals surface area contributed by atoms with Crippen LogP contribution < -0.4 is 0 Å². The third-order valence-corrected chi connectivity index (χ3v) is 4.04. The molecule has 0 amide bonds. The Balaban J connectivity index is 2.20. The Kier molecular flexibility index (Phi) is 3.53. The molecule has 20 heavy (non-hydrogen) atoms. The van der Waals surface area contributed by atoms with Crippen LogP contribution in [0.1, 0.15) is 43.4 Å². The van der Waals surface area contributed by atoms with E-state index in [9.17, 15) is 10.2 Å². The molecular weight excluding hydrogens is 252 g/mol. The standard InChI is InChI=1S/C17H20O3/c1-2-10-20-14-9-5-8-13-15(14)17(19)12-7-4-3-6-11(12)16(13)18/h3-4,6-7,14,18-19H,2,5,8-10H2,1H3. The van der Waals surface area contributed by atoms with Crippen LogP contribution in [-0.2, 0) is 11.2 Å². The second kappa shape index (κ2) is 5.33. The Bertz CT molecular complexity index is 634. The molecule has 0 heterocycles. The van der Waals surface area contributed by atoms with Gasteiger partial charge in [0, 0.05) is 28.5 Å². The van der Waals surface area contributed by atoms with E-state index >= 15 is 0 Å². The van der Waals surface area contributed by atoms with E-state index < -0.39 is 0 Å². The number of phenolic OH excluding ortho intramolecular Hbond substituents is 2. The van der Waals surface area contributed by atoms with Gasteiger partial charge < -0.3 is 14.9 Å². The van der Waals surface area contributed by atoms with Crippen LogP contribution in [0.3, 0.4) is 0 Å². The van der Waals surface area contributed by atoms with Crippen molar-refractivity contribution in [2.24, 2.45) is 0 Å². The molecule has 1 atom stereocenters. The molecule has 0 saturated heterocycles. The molecule has 0 bridgehead atoms. The average Bonchev–Trinajstić information content (AvgIpc) is 2.50. The number of rotatable bonds is 3. The number of benzene rings is 2. The van der Waals surface area contributed by atoms with E-state index in [-0.39, 0.29) is 11.9 Å². The first-order valence-corrected chi connectivity index (χ1v) is 7.31. The summed E-state index contributed by atoms with van der Waals surface area (Å²) in [5.41, 5.74) is 1.65. The highest BCUT2D eigenvalue weighted by Gasteiger charge is 2.28. The fourth-order valence-corrected chi connectivity index (χ4v) is 3.11. The summed E-state index contributed by atoms with van der Waals surface area (Å²) < 4.78 is 5.87. The molecule has 2 aromatic rings. The van der Waals surface area contributed by atoms with Crippen LogP contribution in [-0.4, -0.2) is 16.8 Å². The zero-order chi connectivity index (χ0) is 14.1. The number of fused-ring (bicyclic) bond motifs is 2. The second-order valence-electron chi connectivity index (χ2n) is 5.39. The monoisotopic (exact) mass is 272 g/mol. The predicted octanol–water partition coefficient (Wildman–Crippen LogP) is 4.06. The van der Waals surface area contributed by atoms with Gasteiger partial charge in [0.1, 0.15) is 11.5 Å². The topological polar surface area (TPSA) is 49.7 Å². The molecule has 1 unspecified atom stereocenters. The minimum absolute atomic E-state index is 0.103. The highest BCUT2D eigenvalue weighted by Crippen LogP contribution is 2.47. The molecule has 0 fully saturated rings. The molecule has 0 radical (unpaired) electrons. The zero-order valence-electron chi connectivity index (χ0n) is 11.7. The molecule has 1 aliphatic rings. The summed E-state index contributed by atoms with van der Waals surface area (Å²) in [5, 5.41) is 22.5. The van der Waals surface area contributed by atoms with E-state index in [1.54, 1.807) is 0 Å². The van der Waals surface area contributed by atoms with Gasteiger partial charge in [-0.15, -0.1) is 0 Å². The van der Waals surface area contributed by atoms with E-state index in [4.69, 9.17) is 4.74 Å². The lowest BCUT2D eigenvalue weighted by molar-refractivity contribution is 0.0394. The summed E-state index contributed by atoms with van der Waals surface area (Å²) in [5.74, 6) is 0.576. The van der Waals surface area contributed by atoms with Crippen LogP contribution in [0.15, 0.2) is 24.3 Å². The molecule has 1 aliphatic carbocycles. The van der Waals surface area contributed by atoms with Gasteiger partial charge in [-0.05, 0) is 25.7 Å². The Labute approximate surface area is 118 Å². The summed E-state index contributed by atoms with van der Waals surface area (Å²) in [7, 11) is 0. The molecule has 3 rings (SSSR count). The quantitative estimate of drug-likeness (QED) is 0.828. The fourth-order valence-electron chi connectivity index (χ4n) is 3.11. The Morgan fingerprint density at radius 2 is 1.85 bits per heavy atom. The molecule has 0 aromatic heterocycles. The minimum atomic E-state index is -0.103. The maximum Gasteiger partial charge on any atom is 0.129 e. The van der Waals surface area contributed by atoms with E-state index in [2.05, 4.69) is 6.92 Å². The van der Waals surface area contributed by atoms with Crippen molar-refractivity contribution < 1.29 is 14.9 Å². The van der Waals surface area contributed by atoms with Crippen molar-refractivity contribution in [3.05, 3.63) is 35.4 Å². The Morgan fingerprint density at radius 3 is 2.55 bits per heavy atom. The molecule has 0 aliphatic heterocycles. The molecule has 0 saturated carbocycles. The molecule has 0 spiro atoms. The highest BCUT2D eigenvalue weighted by atomic mass is 16.5. The van der Waals surface area contributed by atoms with E-state index in [1.165, 1.54) is 0 Å². The summed E-state index contributed by atoms with van der Waals surface area (Å²) in [6.45, 7) is 2.75. The van der Waals surface area contributed by atoms with Crippen molar-refractivity contribution in [2.75, 3.05) is 6.61 Å². The first-order valence-electron chi connectivity index (χ1n) is 7.31. The summed E-state index contributed by atoms with van der Waals surface area (Å²) in [6, 6.07) is 7.44. The zero-order valence-corrected chi connectivity index (χ0v) is 11.7. The summed E-state index contributed by atoms with van der Waals surface area (Å²) in [4.78, 5) is 0. The maximum absolute atomic E-state index is 10.6. The van der Waals surface area contributed by atoms with Gasteiger partial charge in [0.15, 0.2) is 0 Å². The van der Waals surface area contributed by atoms with Crippen LogP contribution in [0.25, 0.3) is 10.8 Å². The first-order chi connectivity index (χ1) is 9.74. The number of aromatic hydroxyl groups is 2. The lowest BCUT2D eigenvalue weighted by Gasteiger charge is -2.28. The smallest absolute Gasteiger partial charge is 0.129 e. The van der Waals surface area contributed by atoms with Crippen LogP contribution in [0.5, 0.6) is 11.5 Å². The van der Waals surface area contributed by atoms with Crippen molar-refractivity contribution in [1.82, 2.24) is 0 Å². The lowest BCUT2D eigenvalue weighted by Crippen LogP contribution is -2.14. The van der Waals surface area contributed by atoms with Crippen molar-refractivity contribution in [2.45, 2.75) is 38.7 Å². The van der Waals surface area contributed by atoms with Crippen LogP contribution in [0.2, 0.25) is 0 Å². The van der Waals surface area contributed by atoms with Gasteiger partial charge in [-0.2, -0.15) is 0 Å². The lowest BCUT2D eigenvalue weighted by atomic mass is 9.85.